The molecule has 0 aliphatic carbocycles. The molecule has 2 heterocycles. The summed E-state index contributed by atoms with van der Waals surface area (Å²) in [5.41, 5.74) is 1.70. The molecule has 1 atom stereocenters. The number of carbonyl (C=O) groups is 1. The first-order valence-corrected chi connectivity index (χ1v) is 8.67. The van der Waals surface area contributed by atoms with Gasteiger partial charge >= 0.3 is 0 Å². The van der Waals surface area contributed by atoms with Gasteiger partial charge in [0.1, 0.15) is 18.5 Å². The maximum Gasteiger partial charge on any atom is 0.238 e. The van der Waals surface area contributed by atoms with Crippen LogP contribution in [0.5, 0.6) is 0 Å². The maximum atomic E-state index is 12.3. The summed E-state index contributed by atoms with van der Waals surface area (Å²) >= 11 is 0. The van der Waals surface area contributed by atoms with Crippen molar-refractivity contribution in [3.05, 3.63) is 41.9 Å². The van der Waals surface area contributed by atoms with Crippen LogP contribution in [0.15, 0.2) is 28.7 Å². The topological polar surface area (TPSA) is 106 Å². The number of para-hydroxylation sites is 2. The molecule has 1 amide bonds. The van der Waals surface area contributed by atoms with Crippen molar-refractivity contribution in [1.29, 1.82) is 0 Å². The second kappa shape index (κ2) is 7.65. The second-order valence-electron chi connectivity index (χ2n) is 6.50. The van der Waals surface area contributed by atoms with Crippen molar-refractivity contribution in [2.45, 2.75) is 52.3 Å². The molecule has 0 spiro atoms. The summed E-state index contributed by atoms with van der Waals surface area (Å²) < 4.78 is 7.43. The number of hydrogen-bond donors (Lipinski definition) is 2. The summed E-state index contributed by atoms with van der Waals surface area (Å²) in [4.78, 5) is 16.7. The van der Waals surface area contributed by atoms with Gasteiger partial charge in [-0.15, -0.1) is 10.2 Å². The molecule has 8 heteroatoms. The van der Waals surface area contributed by atoms with E-state index in [9.17, 15) is 9.90 Å². The molecular weight excluding hydrogens is 334 g/mol. The number of carbonyl (C=O) groups excluding carboxylic acids is 1. The third-order valence-electron chi connectivity index (χ3n) is 4.14. The Labute approximate surface area is 151 Å². The number of nitrogens with one attached hydrogen (secondary N) is 1. The molecular formula is C18H23N5O3. The minimum absolute atomic E-state index is 0.136. The van der Waals surface area contributed by atoms with Crippen molar-refractivity contribution in [1.82, 2.24) is 25.1 Å². The Kier molecular flexibility index (Phi) is 5.32. The Morgan fingerprint density at radius 2 is 1.96 bits per heavy atom. The summed E-state index contributed by atoms with van der Waals surface area (Å²) in [7, 11) is 0. The molecule has 0 unspecified atom stereocenters. The monoisotopic (exact) mass is 357 g/mol. The van der Waals surface area contributed by atoms with Gasteiger partial charge in [0.2, 0.25) is 17.7 Å². The largest absolute Gasteiger partial charge is 0.423 e. The third kappa shape index (κ3) is 3.75. The van der Waals surface area contributed by atoms with Gasteiger partial charge in [-0.25, -0.2) is 4.98 Å². The number of aryl methyl sites for hydroxylation is 1. The van der Waals surface area contributed by atoms with Crippen molar-refractivity contribution in [2.24, 2.45) is 0 Å². The maximum absolute atomic E-state index is 12.3. The van der Waals surface area contributed by atoms with E-state index in [0.29, 0.717) is 24.2 Å². The van der Waals surface area contributed by atoms with Gasteiger partial charge in [-0.05, 0) is 19.1 Å². The molecule has 26 heavy (non-hydrogen) atoms. The highest BCUT2D eigenvalue weighted by Gasteiger charge is 2.18. The highest BCUT2D eigenvalue weighted by atomic mass is 16.4. The van der Waals surface area contributed by atoms with E-state index >= 15 is 0 Å². The number of aliphatic hydroxyl groups is 1. The smallest absolute Gasteiger partial charge is 0.238 e. The molecule has 0 bridgehead atoms. The van der Waals surface area contributed by atoms with Gasteiger partial charge in [-0.3, -0.25) is 4.79 Å². The Balaban J connectivity index is 1.63. The van der Waals surface area contributed by atoms with Crippen LogP contribution >= 0.6 is 0 Å². The molecule has 0 saturated heterocycles. The summed E-state index contributed by atoms with van der Waals surface area (Å²) in [5, 5.41) is 20.3. The average molecular weight is 357 g/mol. The van der Waals surface area contributed by atoms with Crippen LogP contribution in [0, 0.1) is 0 Å². The number of rotatable bonds is 7. The number of nitrogens with zero attached hydrogens (tertiary/aromatic N) is 4. The quantitative estimate of drug-likeness (QED) is 0.672. The van der Waals surface area contributed by atoms with Crippen molar-refractivity contribution < 1.29 is 14.3 Å². The van der Waals surface area contributed by atoms with E-state index in [4.69, 9.17) is 4.42 Å². The predicted octanol–water partition coefficient (Wildman–Crippen LogP) is 2.30. The van der Waals surface area contributed by atoms with Crippen LogP contribution in [0.3, 0.4) is 0 Å². The van der Waals surface area contributed by atoms with Crippen molar-refractivity contribution in [2.75, 3.05) is 0 Å². The lowest BCUT2D eigenvalue weighted by atomic mass is 10.2. The minimum atomic E-state index is -0.362. The molecule has 2 N–H and O–H groups in total. The van der Waals surface area contributed by atoms with E-state index < -0.39 is 0 Å². The minimum Gasteiger partial charge on any atom is -0.423 e. The summed E-state index contributed by atoms with van der Waals surface area (Å²) in [6.07, 6.45) is 0.253. The van der Waals surface area contributed by atoms with Gasteiger partial charge in [0.25, 0.3) is 0 Å². The van der Waals surface area contributed by atoms with Gasteiger partial charge in [-0.2, -0.15) is 0 Å². The van der Waals surface area contributed by atoms with E-state index in [1.807, 2.05) is 42.7 Å². The van der Waals surface area contributed by atoms with Crippen LogP contribution < -0.4 is 5.32 Å². The van der Waals surface area contributed by atoms with Gasteiger partial charge in [0, 0.05) is 18.9 Å². The molecule has 0 saturated carbocycles. The Morgan fingerprint density at radius 1 is 1.23 bits per heavy atom. The number of amides is 1. The first-order valence-electron chi connectivity index (χ1n) is 8.67. The van der Waals surface area contributed by atoms with Crippen LogP contribution in [0.1, 0.15) is 56.8 Å². The normalized spacial score (nSPS) is 12.7. The lowest BCUT2D eigenvalue weighted by molar-refractivity contribution is -0.122. The number of imidazole rings is 1. The van der Waals surface area contributed by atoms with E-state index in [2.05, 4.69) is 20.5 Å². The molecule has 0 aliphatic rings. The first kappa shape index (κ1) is 18.1. The summed E-state index contributed by atoms with van der Waals surface area (Å²) in [6.45, 7) is 5.99. The Bertz CT molecular complexity index is 899. The van der Waals surface area contributed by atoms with Crippen LogP contribution in [-0.4, -0.2) is 30.8 Å². The van der Waals surface area contributed by atoms with Crippen LogP contribution in [-0.2, 0) is 17.9 Å². The first-order chi connectivity index (χ1) is 12.5. The lowest BCUT2D eigenvalue weighted by Crippen LogP contribution is -2.27. The van der Waals surface area contributed by atoms with Crippen molar-refractivity contribution in [3.8, 4) is 0 Å². The molecule has 138 valence electrons. The van der Waals surface area contributed by atoms with E-state index in [0.717, 1.165) is 11.0 Å². The van der Waals surface area contributed by atoms with Gasteiger partial charge in [0.15, 0.2) is 0 Å². The molecule has 0 aliphatic heterocycles. The summed E-state index contributed by atoms with van der Waals surface area (Å²) in [5.74, 6) is 1.50. The number of hydrogen-bond acceptors (Lipinski definition) is 6. The van der Waals surface area contributed by atoms with E-state index in [1.54, 1.807) is 6.92 Å². The molecule has 0 radical (unpaired) electrons. The zero-order valence-electron chi connectivity index (χ0n) is 15.1. The van der Waals surface area contributed by atoms with Gasteiger partial charge in [0.05, 0.1) is 11.0 Å². The SMILES string of the molecule is CC(C)c1nnc([C@@H](C)NC(=O)CCn2c(CO)nc3ccccc32)o1. The van der Waals surface area contributed by atoms with Crippen molar-refractivity contribution in [3.63, 3.8) is 0 Å². The lowest BCUT2D eigenvalue weighted by Gasteiger charge is -2.11. The van der Waals surface area contributed by atoms with Gasteiger partial charge < -0.3 is 19.4 Å². The standard InChI is InChI=1S/C18H23N5O3/c1-11(2)17-21-22-18(26-17)12(3)19-16(25)8-9-23-14-7-5-4-6-13(14)20-15(23)10-24/h4-7,11-12,24H,8-10H2,1-3H3,(H,19,25)/t12-/m1/s1. The van der Waals surface area contributed by atoms with E-state index in [-0.39, 0.29) is 30.9 Å². The van der Waals surface area contributed by atoms with Gasteiger partial charge in [-0.1, -0.05) is 26.0 Å². The molecule has 2 aromatic heterocycles. The van der Waals surface area contributed by atoms with Crippen LogP contribution in [0.25, 0.3) is 11.0 Å². The number of benzene rings is 1. The van der Waals surface area contributed by atoms with Crippen LogP contribution in [0.4, 0.5) is 0 Å². The third-order valence-corrected chi connectivity index (χ3v) is 4.14. The predicted molar refractivity (Wildman–Crippen MR) is 95.2 cm³/mol. The fraction of sp³-hybridized carbons (Fsp3) is 0.444. The van der Waals surface area contributed by atoms with E-state index in [1.165, 1.54) is 0 Å². The molecule has 1 aromatic carbocycles. The molecule has 3 aromatic rings. The number of aliphatic hydroxyl groups excluding tert-OH is 1. The van der Waals surface area contributed by atoms with Crippen LogP contribution in [0.2, 0.25) is 0 Å². The Hall–Kier alpha value is -2.74. The summed E-state index contributed by atoms with van der Waals surface area (Å²) in [6, 6.07) is 7.25. The molecule has 3 rings (SSSR count). The fourth-order valence-corrected chi connectivity index (χ4v) is 2.74. The zero-order valence-corrected chi connectivity index (χ0v) is 15.1. The Morgan fingerprint density at radius 3 is 2.65 bits per heavy atom. The highest BCUT2D eigenvalue weighted by molar-refractivity contribution is 5.78. The second-order valence-corrected chi connectivity index (χ2v) is 6.50. The molecule has 8 nitrogen and oxygen atoms in total. The fourth-order valence-electron chi connectivity index (χ4n) is 2.74. The average Bonchev–Trinajstić information content (AvgIpc) is 3.24. The number of fused-ring (bicyclic) bond motifs is 1. The van der Waals surface area contributed by atoms with Crippen molar-refractivity contribution >= 4 is 16.9 Å². The number of aromatic nitrogens is 4. The highest BCUT2D eigenvalue weighted by Crippen LogP contribution is 2.18. The zero-order chi connectivity index (χ0) is 18.7. The molecule has 0 fully saturated rings.